The maximum atomic E-state index is 12.4. The van der Waals surface area contributed by atoms with E-state index in [1.807, 2.05) is 12.2 Å². The molecule has 0 unspecified atom stereocenters. The smallest absolute Gasteiger partial charge is 0.462 e. The van der Waals surface area contributed by atoms with Crippen LogP contribution in [0.3, 0.4) is 0 Å². The molecule has 0 aromatic rings. The van der Waals surface area contributed by atoms with E-state index in [9.17, 15) is 18.9 Å². The van der Waals surface area contributed by atoms with Crippen molar-refractivity contribution in [1.82, 2.24) is 0 Å². The molecule has 0 saturated carbocycles. The van der Waals surface area contributed by atoms with Gasteiger partial charge in [-0.05, 0) is 63.9 Å². The van der Waals surface area contributed by atoms with Crippen LogP contribution in [0.1, 0.15) is 213 Å². The highest BCUT2D eigenvalue weighted by Gasteiger charge is 2.23. The molecular formula is C45H81O9P. The average molecular weight is 797 g/mol. The number of phosphoric acid groups is 1. The summed E-state index contributed by atoms with van der Waals surface area (Å²) < 4.78 is 26.4. The molecule has 0 heterocycles. The fourth-order valence-electron chi connectivity index (χ4n) is 6.23. The highest BCUT2D eigenvalue weighted by molar-refractivity contribution is 7.46. The maximum absolute atomic E-state index is 12.4. The Morgan fingerprint density at radius 1 is 0.509 bits per heavy atom. The number of hydrogen-bond acceptors (Lipinski definition) is 7. The third-order valence-electron chi connectivity index (χ3n) is 9.61. The lowest BCUT2D eigenvalue weighted by atomic mass is 10.0. The monoisotopic (exact) mass is 797 g/mol. The molecule has 0 radical (unpaired) electrons. The Balaban J connectivity index is 3.92. The van der Waals surface area contributed by atoms with Crippen molar-refractivity contribution < 1.29 is 42.7 Å². The van der Waals surface area contributed by atoms with Crippen LogP contribution in [0, 0.1) is 0 Å². The maximum Gasteiger partial charge on any atom is 0.469 e. The van der Waals surface area contributed by atoms with E-state index in [2.05, 4.69) is 36.6 Å². The van der Waals surface area contributed by atoms with Gasteiger partial charge in [-0.1, -0.05) is 166 Å². The second kappa shape index (κ2) is 40.1. The molecule has 1 atom stereocenters. The van der Waals surface area contributed by atoms with Gasteiger partial charge in [-0.2, -0.15) is 0 Å². The molecule has 55 heavy (non-hydrogen) atoms. The van der Waals surface area contributed by atoms with Crippen molar-refractivity contribution in [3.63, 3.8) is 0 Å². The van der Waals surface area contributed by atoms with Crippen molar-refractivity contribution in [3.05, 3.63) is 36.5 Å². The number of allylic oxidation sites excluding steroid dienone is 6. The molecule has 2 N–H and O–H groups in total. The Hall–Kier alpha value is -2.06. The van der Waals surface area contributed by atoms with E-state index < -0.39 is 32.5 Å². The molecule has 0 fully saturated rings. The number of phosphoric ester groups is 1. The molecule has 0 aliphatic carbocycles. The van der Waals surface area contributed by atoms with Crippen molar-refractivity contribution in [2.75, 3.05) is 13.2 Å². The number of esters is 2. The quantitative estimate of drug-likeness (QED) is 0.0155. The molecule has 0 saturated heterocycles. The van der Waals surface area contributed by atoms with Crippen LogP contribution in [-0.2, 0) is 32.9 Å². The van der Waals surface area contributed by atoms with Crippen LogP contribution in [0.25, 0.3) is 0 Å². The molecule has 0 aliphatic heterocycles. The van der Waals surface area contributed by atoms with Gasteiger partial charge in [0.2, 0.25) is 0 Å². The van der Waals surface area contributed by atoms with Gasteiger partial charge in [0, 0.05) is 19.3 Å². The van der Waals surface area contributed by atoms with Crippen molar-refractivity contribution in [3.8, 4) is 0 Å². The van der Waals surface area contributed by atoms with Crippen LogP contribution in [0.2, 0.25) is 0 Å². The van der Waals surface area contributed by atoms with E-state index >= 15 is 0 Å². The summed E-state index contributed by atoms with van der Waals surface area (Å²) in [5, 5.41) is 0. The lowest BCUT2D eigenvalue weighted by molar-refractivity contribution is -0.161. The summed E-state index contributed by atoms with van der Waals surface area (Å²) in [6, 6.07) is 0. The van der Waals surface area contributed by atoms with E-state index in [4.69, 9.17) is 19.3 Å². The summed E-state index contributed by atoms with van der Waals surface area (Å²) in [4.78, 5) is 54.6. The summed E-state index contributed by atoms with van der Waals surface area (Å²) in [6.45, 7) is 3.51. The standard InChI is InChI=1S/C45H81O9P/c1-3-5-7-8-9-10-11-12-13-14-15-16-17-18-19-20-21-24-28-31-35-39-45(48)54-43(41-53-55(49,50)51)40-52-44(47)38-34-30-27-25-22-23-26-29-33-37-42(46)36-32-6-4-2/h12-13,26,29,33,37,43H,3-11,14-25,27-28,30-32,34-36,38-41H2,1-2H3,(H2,49,50,51)/b13-12-,29-26-,37-33+/t43-/m1/s1. The van der Waals surface area contributed by atoms with Gasteiger partial charge < -0.3 is 19.3 Å². The Labute approximate surface area is 336 Å². The molecule has 0 amide bonds. The van der Waals surface area contributed by atoms with E-state index in [-0.39, 0.29) is 25.2 Å². The van der Waals surface area contributed by atoms with Crippen LogP contribution < -0.4 is 0 Å². The molecular weight excluding hydrogens is 715 g/mol. The summed E-state index contributed by atoms with van der Waals surface area (Å²) in [6.07, 6.45) is 44.2. The first-order valence-electron chi connectivity index (χ1n) is 22.2. The largest absolute Gasteiger partial charge is 0.469 e. The molecule has 10 heteroatoms. The van der Waals surface area contributed by atoms with E-state index in [1.54, 1.807) is 6.08 Å². The van der Waals surface area contributed by atoms with Crippen LogP contribution in [0.15, 0.2) is 36.5 Å². The number of hydrogen-bond donors (Lipinski definition) is 2. The third-order valence-corrected chi connectivity index (χ3v) is 10.1. The minimum atomic E-state index is -4.77. The molecule has 0 aromatic carbocycles. The molecule has 9 nitrogen and oxygen atoms in total. The number of ether oxygens (including phenoxy) is 2. The topological polar surface area (TPSA) is 136 Å². The highest BCUT2D eigenvalue weighted by atomic mass is 31.2. The minimum absolute atomic E-state index is 0.174. The number of ketones is 1. The number of unbranched alkanes of at least 4 members (excludes halogenated alkanes) is 24. The van der Waals surface area contributed by atoms with Crippen molar-refractivity contribution in [1.29, 1.82) is 0 Å². The third kappa shape index (κ3) is 42.9. The van der Waals surface area contributed by atoms with E-state index in [0.717, 1.165) is 70.6 Å². The van der Waals surface area contributed by atoms with Crippen molar-refractivity contribution in [2.45, 2.75) is 219 Å². The van der Waals surface area contributed by atoms with Gasteiger partial charge in [-0.25, -0.2) is 4.57 Å². The van der Waals surface area contributed by atoms with Gasteiger partial charge in [-0.3, -0.25) is 18.9 Å². The zero-order valence-electron chi connectivity index (χ0n) is 35.1. The van der Waals surface area contributed by atoms with Crippen LogP contribution in [-0.4, -0.2) is 46.8 Å². The van der Waals surface area contributed by atoms with Crippen molar-refractivity contribution in [2.24, 2.45) is 0 Å². The number of rotatable bonds is 41. The Kier molecular flexibility index (Phi) is 38.6. The molecule has 0 aromatic heterocycles. The fourth-order valence-corrected chi connectivity index (χ4v) is 6.59. The summed E-state index contributed by atoms with van der Waals surface area (Å²) >= 11 is 0. The second-order valence-electron chi connectivity index (χ2n) is 15.1. The number of carbonyl (C=O) groups is 3. The number of carbonyl (C=O) groups excluding carboxylic acids is 3. The van der Waals surface area contributed by atoms with Gasteiger partial charge in [-0.15, -0.1) is 0 Å². The molecule has 0 aliphatic rings. The molecule has 0 rings (SSSR count). The molecule has 0 bridgehead atoms. The summed E-state index contributed by atoms with van der Waals surface area (Å²) in [5.41, 5.74) is 0. The second-order valence-corrected chi connectivity index (χ2v) is 16.3. The predicted molar refractivity (Wildman–Crippen MR) is 226 cm³/mol. The lowest BCUT2D eigenvalue weighted by Crippen LogP contribution is -2.29. The lowest BCUT2D eigenvalue weighted by Gasteiger charge is -2.18. The van der Waals surface area contributed by atoms with Crippen LogP contribution >= 0.6 is 7.82 Å². The zero-order chi connectivity index (χ0) is 40.5. The SMILES string of the molecule is CCCCCCCC/C=C\CCCCCCCCCCCCCC(=O)O[C@H](COC(=O)CCCCCCC/C=C\C=C\C(=O)CCCCC)COP(=O)(O)O. The zero-order valence-corrected chi connectivity index (χ0v) is 36.0. The van der Waals surface area contributed by atoms with Gasteiger partial charge in [0.25, 0.3) is 0 Å². The van der Waals surface area contributed by atoms with Gasteiger partial charge in [0.05, 0.1) is 6.61 Å². The van der Waals surface area contributed by atoms with E-state index in [1.165, 1.54) is 96.3 Å². The first-order chi connectivity index (χ1) is 26.7. The van der Waals surface area contributed by atoms with Gasteiger partial charge >= 0.3 is 19.8 Å². The normalized spacial score (nSPS) is 12.7. The van der Waals surface area contributed by atoms with E-state index in [0.29, 0.717) is 19.3 Å². The van der Waals surface area contributed by atoms with Crippen molar-refractivity contribution >= 4 is 25.5 Å². The Morgan fingerprint density at radius 2 is 0.927 bits per heavy atom. The van der Waals surface area contributed by atoms with Crippen LogP contribution in [0.4, 0.5) is 0 Å². The predicted octanol–water partition coefficient (Wildman–Crippen LogP) is 12.9. The highest BCUT2D eigenvalue weighted by Crippen LogP contribution is 2.36. The molecule has 320 valence electrons. The van der Waals surface area contributed by atoms with Crippen LogP contribution in [0.5, 0.6) is 0 Å². The minimum Gasteiger partial charge on any atom is -0.462 e. The Bertz CT molecular complexity index is 1050. The van der Waals surface area contributed by atoms with Gasteiger partial charge in [0.15, 0.2) is 11.9 Å². The fraction of sp³-hybridized carbons (Fsp3) is 0.800. The molecule has 0 spiro atoms. The first kappa shape index (κ1) is 52.9. The average Bonchev–Trinajstić information content (AvgIpc) is 3.15. The first-order valence-corrected chi connectivity index (χ1v) is 23.8. The Morgan fingerprint density at radius 3 is 1.44 bits per heavy atom. The summed E-state index contributed by atoms with van der Waals surface area (Å²) in [7, 11) is -4.77. The summed E-state index contributed by atoms with van der Waals surface area (Å²) in [5.74, 6) is -0.767. The van der Waals surface area contributed by atoms with Gasteiger partial charge in [0.1, 0.15) is 6.61 Å².